The van der Waals surface area contributed by atoms with E-state index in [2.05, 4.69) is 10.3 Å². The molecule has 3 rings (SSSR count). The Morgan fingerprint density at radius 2 is 2.20 bits per heavy atom. The molecule has 1 saturated heterocycles. The first kappa shape index (κ1) is 17.5. The van der Waals surface area contributed by atoms with Gasteiger partial charge in [-0.05, 0) is 55.6 Å². The quantitative estimate of drug-likeness (QED) is 0.787. The lowest BCUT2D eigenvalue weighted by atomic mass is 10.1. The lowest BCUT2D eigenvalue weighted by Crippen LogP contribution is -2.34. The van der Waals surface area contributed by atoms with Crippen LogP contribution in [-0.2, 0) is 17.9 Å². The second-order valence-electron chi connectivity index (χ2n) is 6.58. The standard InChI is InChI=1S/C20H24FN3O/c1-15-5-6-16(12-19(15)21)14-24-18(7-8-20(24)25)9-11-22-13-17-4-2-3-10-23-17/h2-6,10,12,18,22H,7-9,11,13-14H2,1H3/t18-/m0/s1. The van der Waals surface area contributed by atoms with Gasteiger partial charge in [-0.15, -0.1) is 0 Å². The largest absolute Gasteiger partial charge is 0.335 e. The first-order valence-corrected chi connectivity index (χ1v) is 8.78. The molecule has 2 heterocycles. The van der Waals surface area contributed by atoms with E-state index in [-0.39, 0.29) is 17.8 Å². The van der Waals surface area contributed by atoms with Gasteiger partial charge in [0, 0.05) is 31.7 Å². The number of carbonyl (C=O) groups is 1. The molecule has 1 atom stereocenters. The first-order chi connectivity index (χ1) is 12.1. The molecule has 0 bridgehead atoms. The summed E-state index contributed by atoms with van der Waals surface area (Å²) in [4.78, 5) is 18.4. The highest BCUT2D eigenvalue weighted by Gasteiger charge is 2.30. The van der Waals surface area contributed by atoms with Crippen LogP contribution in [0.4, 0.5) is 4.39 Å². The van der Waals surface area contributed by atoms with Gasteiger partial charge in [0.1, 0.15) is 5.82 Å². The average molecular weight is 341 g/mol. The third-order valence-electron chi connectivity index (χ3n) is 4.73. The van der Waals surface area contributed by atoms with Crippen LogP contribution in [0.15, 0.2) is 42.6 Å². The Balaban J connectivity index is 1.51. The summed E-state index contributed by atoms with van der Waals surface area (Å²) in [5.74, 6) is -0.0477. The van der Waals surface area contributed by atoms with E-state index in [1.54, 1.807) is 19.2 Å². The number of nitrogens with one attached hydrogen (secondary N) is 1. The van der Waals surface area contributed by atoms with E-state index in [4.69, 9.17) is 0 Å². The van der Waals surface area contributed by atoms with Crippen LogP contribution in [0.1, 0.15) is 36.1 Å². The van der Waals surface area contributed by atoms with Crippen LogP contribution < -0.4 is 5.32 Å². The molecule has 132 valence electrons. The summed E-state index contributed by atoms with van der Waals surface area (Å²) in [5, 5.41) is 3.38. The van der Waals surface area contributed by atoms with Crippen LogP contribution in [0, 0.1) is 12.7 Å². The molecule has 0 saturated carbocycles. The van der Waals surface area contributed by atoms with E-state index in [1.165, 1.54) is 6.07 Å². The molecule has 0 spiro atoms. The Morgan fingerprint density at radius 1 is 1.32 bits per heavy atom. The summed E-state index contributed by atoms with van der Waals surface area (Å²) in [6.45, 7) is 3.79. The Bertz CT molecular complexity index is 720. The molecule has 1 aromatic carbocycles. The van der Waals surface area contributed by atoms with Gasteiger partial charge in [-0.2, -0.15) is 0 Å². The molecule has 0 unspecified atom stereocenters. The normalized spacial score (nSPS) is 17.3. The van der Waals surface area contributed by atoms with Gasteiger partial charge < -0.3 is 10.2 Å². The zero-order valence-corrected chi connectivity index (χ0v) is 14.5. The summed E-state index contributed by atoms with van der Waals surface area (Å²) < 4.78 is 13.7. The van der Waals surface area contributed by atoms with Gasteiger partial charge >= 0.3 is 0 Å². The average Bonchev–Trinajstić information content (AvgIpc) is 2.96. The van der Waals surface area contributed by atoms with Gasteiger partial charge in [0.15, 0.2) is 0 Å². The number of rotatable bonds is 7. The van der Waals surface area contributed by atoms with Gasteiger partial charge in [-0.3, -0.25) is 9.78 Å². The zero-order chi connectivity index (χ0) is 17.6. The van der Waals surface area contributed by atoms with Crippen LogP contribution in [0.5, 0.6) is 0 Å². The van der Waals surface area contributed by atoms with Gasteiger partial charge in [0.2, 0.25) is 5.91 Å². The number of benzene rings is 1. The number of nitrogens with zero attached hydrogens (tertiary/aromatic N) is 2. The topological polar surface area (TPSA) is 45.2 Å². The Morgan fingerprint density at radius 3 is 2.96 bits per heavy atom. The molecule has 1 aliphatic rings. The van der Waals surface area contributed by atoms with Crippen molar-refractivity contribution in [1.29, 1.82) is 0 Å². The number of hydrogen-bond donors (Lipinski definition) is 1. The first-order valence-electron chi connectivity index (χ1n) is 8.78. The van der Waals surface area contributed by atoms with E-state index < -0.39 is 0 Å². The molecular formula is C20H24FN3O. The Kier molecular flexibility index (Phi) is 5.76. The number of aromatic nitrogens is 1. The van der Waals surface area contributed by atoms with E-state index in [1.807, 2.05) is 29.2 Å². The van der Waals surface area contributed by atoms with Crippen molar-refractivity contribution in [3.63, 3.8) is 0 Å². The molecule has 4 nitrogen and oxygen atoms in total. The van der Waals surface area contributed by atoms with Crippen molar-refractivity contribution >= 4 is 5.91 Å². The van der Waals surface area contributed by atoms with Gasteiger partial charge in [-0.1, -0.05) is 18.2 Å². The molecule has 1 aromatic heterocycles. The highest BCUT2D eigenvalue weighted by atomic mass is 19.1. The second-order valence-corrected chi connectivity index (χ2v) is 6.58. The number of halogens is 1. The fraction of sp³-hybridized carbons (Fsp3) is 0.400. The van der Waals surface area contributed by atoms with Gasteiger partial charge in [-0.25, -0.2) is 4.39 Å². The number of aryl methyl sites for hydroxylation is 1. The summed E-state index contributed by atoms with van der Waals surface area (Å²) in [6.07, 6.45) is 4.14. The number of amides is 1. The number of likely N-dealkylation sites (tertiary alicyclic amines) is 1. The van der Waals surface area contributed by atoms with Crippen molar-refractivity contribution in [2.75, 3.05) is 6.54 Å². The zero-order valence-electron chi connectivity index (χ0n) is 14.5. The molecule has 0 aliphatic carbocycles. The maximum atomic E-state index is 13.7. The maximum Gasteiger partial charge on any atom is 0.223 e. The molecule has 1 fully saturated rings. The van der Waals surface area contributed by atoms with Crippen molar-refractivity contribution in [1.82, 2.24) is 15.2 Å². The van der Waals surface area contributed by atoms with Crippen molar-refractivity contribution in [2.24, 2.45) is 0 Å². The van der Waals surface area contributed by atoms with Crippen molar-refractivity contribution in [2.45, 2.75) is 45.3 Å². The molecule has 1 amide bonds. The van der Waals surface area contributed by atoms with Crippen LogP contribution in [0.2, 0.25) is 0 Å². The molecular weight excluding hydrogens is 317 g/mol. The smallest absolute Gasteiger partial charge is 0.223 e. The summed E-state index contributed by atoms with van der Waals surface area (Å²) >= 11 is 0. The van der Waals surface area contributed by atoms with E-state index in [0.717, 1.165) is 37.2 Å². The Hall–Kier alpha value is -2.27. The van der Waals surface area contributed by atoms with E-state index in [9.17, 15) is 9.18 Å². The lowest BCUT2D eigenvalue weighted by molar-refractivity contribution is -0.129. The SMILES string of the molecule is Cc1ccc(CN2C(=O)CC[C@H]2CCNCc2ccccn2)cc1F. The summed E-state index contributed by atoms with van der Waals surface area (Å²) in [7, 11) is 0. The molecule has 1 aliphatic heterocycles. The fourth-order valence-electron chi connectivity index (χ4n) is 3.23. The third kappa shape index (κ3) is 4.63. The molecule has 0 radical (unpaired) electrons. The highest BCUT2D eigenvalue weighted by Crippen LogP contribution is 2.24. The minimum Gasteiger partial charge on any atom is -0.335 e. The predicted octanol–water partition coefficient (Wildman–Crippen LogP) is 3.20. The van der Waals surface area contributed by atoms with Crippen molar-refractivity contribution in [3.8, 4) is 0 Å². The van der Waals surface area contributed by atoms with Crippen LogP contribution in [0.25, 0.3) is 0 Å². The predicted molar refractivity (Wildman–Crippen MR) is 95.3 cm³/mol. The molecule has 25 heavy (non-hydrogen) atoms. The van der Waals surface area contributed by atoms with Crippen molar-refractivity contribution < 1.29 is 9.18 Å². The van der Waals surface area contributed by atoms with Gasteiger partial charge in [0.25, 0.3) is 0 Å². The minimum absolute atomic E-state index is 0.163. The molecule has 5 heteroatoms. The van der Waals surface area contributed by atoms with Crippen LogP contribution in [0.3, 0.4) is 0 Å². The third-order valence-corrected chi connectivity index (χ3v) is 4.73. The number of carbonyl (C=O) groups excluding carboxylic acids is 1. The molecule has 1 N–H and O–H groups in total. The number of pyridine rings is 1. The molecule has 2 aromatic rings. The van der Waals surface area contributed by atoms with Gasteiger partial charge in [0.05, 0.1) is 5.69 Å². The summed E-state index contributed by atoms with van der Waals surface area (Å²) in [6, 6.07) is 11.3. The maximum absolute atomic E-state index is 13.7. The number of hydrogen-bond acceptors (Lipinski definition) is 3. The van der Waals surface area contributed by atoms with Crippen LogP contribution in [-0.4, -0.2) is 28.4 Å². The highest BCUT2D eigenvalue weighted by molar-refractivity contribution is 5.78. The van der Waals surface area contributed by atoms with E-state index >= 15 is 0 Å². The van der Waals surface area contributed by atoms with Crippen LogP contribution >= 0.6 is 0 Å². The fourth-order valence-corrected chi connectivity index (χ4v) is 3.23. The lowest BCUT2D eigenvalue weighted by Gasteiger charge is -2.25. The minimum atomic E-state index is -0.210. The monoisotopic (exact) mass is 341 g/mol. The van der Waals surface area contributed by atoms with E-state index in [0.29, 0.717) is 18.5 Å². The summed E-state index contributed by atoms with van der Waals surface area (Å²) in [5.41, 5.74) is 2.49. The Labute approximate surface area is 148 Å². The second kappa shape index (κ2) is 8.21. The van der Waals surface area contributed by atoms with Crippen molar-refractivity contribution in [3.05, 3.63) is 65.2 Å².